The van der Waals surface area contributed by atoms with Gasteiger partial charge in [-0.2, -0.15) is 0 Å². The highest BCUT2D eigenvalue weighted by Gasteiger charge is 2.26. The van der Waals surface area contributed by atoms with E-state index < -0.39 is 0 Å². The maximum Gasteiger partial charge on any atom is 0.137 e. The highest BCUT2D eigenvalue weighted by Crippen LogP contribution is 2.27. The Bertz CT molecular complexity index is 785. The zero-order valence-electron chi connectivity index (χ0n) is 16.1. The normalized spacial score (nSPS) is 21.1. The van der Waals surface area contributed by atoms with Crippen LogP contribution >= 0.6 is 0 Å². The van der Waals surface area contributed by atoms with Crippen molar-refractivity contribution in [3.8, 4) is 5.75 Å². The van der Waals surface area contributed by atoms with Gasteiger partial charge in [0.05, 0.1) is 7.11 Å². The van der Waals surface area contributed by atoms with Gasteiger partial charge in [0.25, 0.3) is 0 Å². The Labute approximate surface area is 161 Å². The molecule has 6 nitrogen and oxygen atoms in total. The molecule has 0 spiro atoms. The number of benzene rings is 1. The lowest BCUT2D eigenvalue weighted by molar-refractivity contribution is 0.221. The first-order valence-corrected chi connectivity index (χ1v) is 10.00. The predicted octanol–water partition coefficient (Wildman–Crippen LogP) is 2.33. The molecular formula is C21H29N5O. The quantitative estimate of drug-likeness (QED) is 0.879. The number of hydrogen-bond acceptors (Lipinski definition) is 5. The fourth-order valence-electron chi connectivity index (χ4n) is 4.16. The van der Waals surface area contributed by atoms with Crippen LogP contribution in [0.15, 0.2) is 30.3 Å². The second kappa shape index (κ2) is 8.67. The van der Waals surface area contributed by atoms with E-state index >= 15 is 0 Å². The van der Waals surface area contributed by atoms with Crippen molar-refractivity contribution in [3.63, 3.8) is 0 Å². The number of aromatic nitrogens is 3. The smallest absolute Gasteiger partial charge is 0.137 e. The molecule has 0 saturated carbocycles. The van der Waals surface area contributed by atoms with E-state index in [2.05, 4.69) is 43.2 Å². The van der Waals surface area contributed by atoms with Crippen molar-refractivity contribution in [1.82, 2.24) is 25.0 Å². The van der Waals surface area contributed by atoms with Crippen LogP contribution in [0.1, 0.15) is 36.0 Å². The number of ether oxygens (including phenoxy) is 1. The SMILES string of the molecule is COc1ccccc1/C=C/CN1CCC[C@H](c2nnc3n2CCNCC3)C1. The monoisotopic (exact) mass is 367 g/mol. The molecule has 1 aromatic carbocycles. The third kappa shape index (κ3) is 4.22. The van der Waals surface area contributed by atoms with Crippen LogP contribution in [-0.2, 0) is 13.0 Å². The minimum Gasteiger partial charge on any atom is -0.496 e. The van der Waals surface area contributed by atoms with Gasteiger partial charge >= 0.3 is 0 Å². The Balaban J connectivity index is 1.40. The maximum atomic E-state index is 5.43. The maximum absolute atomic E-state index is 5.43. The molecule has 2 aliphatic rings. The molecule has 0 unspecified atom stereocenters. The number of para-hydroxylation sites is 1. The Kier molecular flexibility index (Phi) is 5.84. The van der Waals surface area contributed by atoms with E-state index in [1.807, 2.05) is 18.2 Å². The van der Waals surface area contributed by atoms with Gasteiger partial charge in [-0.05, 0) is 25.5 Å². The number of piperidine rings is 1. The summed E-state index contributed by atoms with van der Waals surface area (Å²) in [5.41, 5.74) is 1.13. The number of methoxy groups -OCH3 is 1. The molecule has 2 aromatic rings. The molecule has 1 N–H and O–H groups in total. The van der Waals surface area contributed by atoms with Crippen LogP contribution in [0.2, 0.25) is 0 Å². The number of nitrogens with zero attached hydrogens (tertiary/aromatic N) is 4. The molecule has 1 saturated heterocycles. The van der Waals surface area contributed by atoms with Gasteiger partial charge in [0.2, 0.25) is 0 Å². The minimum absolute atomic E-state index is 0.484. The summed E-state index contributed by atoms with van der Waals surface area (Å²) in [5, 5.41) is 12.5. The molecule has 2 aliphatic heterocycles. The van der Waals surface area contributed by atoms with Crippen molar-refractivity contribution >= 4 is 6.08 Å². The van der Waals surface area contributed by atoms with Crippen molar-refractivity contribution in [1.29, 1.82) is 0 Å². The Morgan fingerprint density at radius 1 is 1.22 bits per heavy atom. The number of rotatable bonds is 5. The Morgan fingerprint density at radius 3 is 3.07 bits per heavy atom. The summed E-state index contributed by atoms with van der Waals surface area (Å²) in [4.78, 5) is 2.52. The Morgan fingerprint density at radius 2 is 2.15 bits per heavy atom. The van der Waals surface area contributed by atoms with Gasteiger partial charge in [-0.25, -0.2) is 0 Å². The summed E-state index contributed by atoms with van der Waals surface area (Å²) in [6.07, 6.45) is 7.81. The Hall–Kier alpha value is -2.18. The first-order chi connectivity index (χ1) is 13.3. The van der Waals surface area contributed by atoms with E-state index in [4.69, 9.17) is 4.74 Å². The fraction of sp³-hybridized carbons (Fsp3) is 0.524. The summed E-state index contributed by atoms with van der Waals surface area (Å²) >= 11 is 0. The van der Waals surface area contributed by atoms with Gasteiger partial charge in [0.1, 0.15) is 17.4 Å². The lowest BCUT2D eigenvalue weighted by Gasteiger charge is -2.31. The summed E-state index contributed by atoms with van der Waals surface area (Å²) in [6.45, 7) is 6.16. The van der Waals surface area contributed by atoms with E-state index in [-0.39, 0.29) is 0 Å². The van der Waals surface area contributed by atoms with Crippen LogP contribution in [-0.4, -0.2) is 59.5 Å². The van der Waals surface area contributed by atoms with Crippen molar-refractivity contribution in [3.05, 3.63) is 47.6 Å². The number of hydrogen-bond donors (Lipinski definition) is 1. The lowest BCUT2D eigenvalue weighted by Crippen LogP contribution is -2.35. The van der Waals surface area contributed by atoms with Crippen LogP contribution in [0.5, 0.6) is 5.75 Å². The lowest BCUT2D eigenvalue weighted by atomic mass is 9.97. The molecule has 144 valence electrons. The van der Waals surface area contributed by atoms with Crippen LogP contribution in [0, 0.1) is 0 Å². The summed E-state index contributed by atoms with van der Waals surface area (Å²) in [7, 11) is 1.72. The number of fused-ring (bicyclic) bond motifs is 1. The topological polar surface area (TPSA) is 55.2 Å². The van der Waals surface area contributed by atoms with Crippen LogP contribution in [0.3, 0.4) is 0 Å². The van der Waals surface area contributed by atoms with Gasteiger partial charge in [-0.3, -0.25) is 4.90 Å². The van der Waals surface area contributed by atoms with Crippen molar-refractivity contribution in [2.45, 2.75) is 31.7 Å². The second-order valence-electron chi connectivity index (χ2n) is 7.37. The molecule has 1 aromatic heterocycles. The molecule has 0 amide bonds. The fourth-order valence-corrected chi connectivity index (χ4v) is 4.16. The van der Waals surface area contributed by atoms with Gasteiger partial charge in [0.15, 0.2) is 0 Å². The van der Waals surface area contributed by atoms with Crippen molar-refractivity contribution in [2.75, 3.05) is 39.8 Å². The van der Waals surface area contributed by atoms with E-state index in [1.54, 1.807) is 7.11 Å². The molecule has 0 aliphatic carbocycles. The largest absolute Gasteiger partial charge is 0.496 e. The molecular weight excluding hydrogens is 338 g/mol. The average molecular weight is 367 g/mol. The molecule has 0 radical (unpaired) electrons. The van der Waals surface area contributed by atoms with Crippen molar-refractivity contribution in [2.24, 2.45) is 0 Å². The highest BCUT2D eigenvalue weighted by molar-refractivity contribution is 5.57. The molecule has 6 heteroatoms. The van der Waals surface area contributed by atoms with Gasteiger partial charge in [-0.15, -0.1) is 10.2 Å². The van der Waals surface area contributed by atoms with E-state index in [0.717, 1.165) is 62.8 Å². The van der Waals surface area contributed by atoms with Crippen LogP contribution < -0.4 is 10.1 Å². The zero-order valence-corrected chi connectivity index (χ0v) is 16.1. The summed E-state index contributed by atoms with van der Waals surface area (Å²) in [5.74, 6) is 3.73. The highest BCUT2D eigenvalue weighted by atomic mass is 16.5. The van der Waals surface area contributed by atoms with Crippen molar-refractivity contribution < 1.29 is 4.74 Å². The molecule has 0 bridgehead atoms. The standard InChI is InChI=1S/C21H29N5O/c1-27-19-9-3-2-6-17(19)7-4-13-25-14-5-8-18(16-25)21-24-23-20-10-11-22-12-15-26(20)21/h2-4,6-7,9,18,22H,5,8,10-16H2,1H3/b7-4+/t18-/m0/s1. The molecule has 27 heavy (non-hydrogen) atoms. The van der Waals surface area contributed by atoms with Crippen LogP contribution in [0.4, 0.5) is 0 Å². The van der Waals surface area contributed by atoms with Gasteiger partial charge in [-0.1, -0.05) is 30.4 Å². The summed E-state index contributed by atoms with van der Waals surface area (Å²) in [6, 6.07) is 8.14. The van der Waals surface area contributed by atoms with Crippen LogP contribution in [0.25, 0.3) is 6.08 Å². The molecule has 3 heterocycles. The third-order valence-corrected chi connectivity index (χ3v) is 5.56. The van der Waals surface area contributed by atoms with E-state index in [0.29, 0.717) is 5.92 Å². The first kappa shape index (κ1) is 18.2. The van der Waals surface area contributed by atoms with E-state index in [9.17, 15) is 0 Å². The van der Waals surface area contributed by atoms with E-state index in [1.165, 1.54) is 18.7 Å². The van der Waals surface area contributed by atoms with Gasteiger partial charge in [0, 0.05) is 50.6 Å². The molecule has 4 rings (SSSR count). The van der Waals surface area contributed by atoms with Gasteiger partial charge < -0.3 is 14.6 Å². The third-order valence-electron chi connectivity index (χ3n) is 5.56. The summed E-state index contributed by atoms with van der Waals surface area (Å²) < 4.78 is 7.79. The zero-order chi connectivity index (χ0) is 18.5. The minimum atomic E-state index is 0.484. The number of likely N-dealkylation sites (tertiary alicyclic amines) is 1. The molecule has 1 atom stereocenters. The number of nitrogens with one attached hydrogen (secondary N) is 1. The second-order valence-corrected chi connectivity index (χ2v) is 7.37. The molecule has 1 fully saturated rings. The predicted molar refractivity (Wildman–Crippen MR) is 107 cm³/mol. The first-order valence-electron chi connectivity index (χ1n) is 10.00. The average Bonchev–Trinajstić information content (AvgIpc) is 2.97.